The van der Waals surface area contributed by atoms with E-state index in [9.17, 15) is 24.0 Å². The fraction of sp³-hybridized carbons (Fsp3) is 0.294. The van der Waals surface area contributed by atoms with E-state index in [4.69, 9.17) is 23.7 Å². The summed E-state index contributed by atoms with van der Waals surface area (Å²) in [4.78, 5) is 68.4. The summed E-state index contributed by atoms with van der Waals surface area (Å²) in [5.74, 6) is -3.27. The molecule has 0 radical (unpaired) electrons. The van der Waals surface area contributed by atoms with Crippen molar-refractivity contribution in [3.63, 3.8) is 0 Å². The van der Waals surface area contributed by atoms with Crippen LogP contribution in [0.5, 0.6) is 0 Å². The molecule has 2 aliphatic rings. The van der Waals surface area contributed by atoms with E-state index in [1.807, 2.05) is 42.5 Å². The lowest BCUT2D eigenvalue weighted by atomic mass is 9.99. The molecule has 0 unspecified atom stereocenters. The smallest absolute Gasteiger partial charge is 0.303 e. The van der Waals surface area contributed by atoms with Crippen LogP contribution in [0.3, 0.4) is 0 Å². The zero-order valence-corrected chi connectivity index (χ0v) is 26.8. The minimum Gasteiger partial charge on any atom is -0.463 e. The Balaban J connectivity index is 1.57. The monoisotopic (exact) mass is 660 g/mol. The number of fused-ring (bicyclic) bond motifs is 1. The molecule has 0 saturated carbocycles. The number of para-hydroxylation sites is 1. The van der Waals surface area contributed by atoms with Crippen LogP contribution < -0.4 is 4.90 Å². The number of amides is 1. The second kappa shape index (κ2) is 14.6. The van der Waals surface area contributed by atoms with Crippen molar-refractivity contribution in [2.45, 2.75) is 57.5 Å². The fourth-order valence-corrected chi connectivity index (χ4v) is 6.42. The number of esters is 4. The Kier molecular flexibility index (Phi) is 10.4. The number of hydrogen-bond acceptors (Lipinski definition) is 12. The van der Waals surface area contributed by atoms with Gasteiger partial charge in [-0.3, -0.25) is 28.9 Å². The molecule has 244 valence electrons. The number of thioether (sulfide) groups is 1. The number of benzene rings is 3. The highest BCUT2D eigenvalue weighted by molar-refractivity contribution is 8.14. The van der Waals surface area contributed by atoms with Crippen LogP contribution in [0.15, 0.2) is 83.5 Å². The SMILES string of the molecule is CC(=O)OC[C@H]1O[C@@H](SC2=N/C(=C\c3ccc4ccccc4c3)C(=O)N2c2ccccc2)[C@H](OC(C)=O)[C@@H](OC(C)=O)[C@H]1OC(C)=O. The highest BCUT2D eigenvalue weighted by atomic mass is 32.2. The summed E-state index contributed by atoms with van der Waals surface area (Å²) in [5.41, 5.74) is 0.226. The Bertz CT molecular complexity index is 1760. The summed E-state index contributed by atoms with van der Waals surface area (Å²) < 4.78 is 28.1. The van der Waals surface area contributed by atoms with Gasteiger partial charge in [-0.15, -0.1) is 0 Å². The lowest BCUT2D eigenvalue weighted by Crippen LogP contribution is -2.61. The van der Waals surface area contributed by atoms with Crippen LogP contribution in [0.1, 0.15) is 33.3 Å². The van der Waals surface area contributed by atoms with E-state index in [0.29, 0.717) is 5.69 Å². The van der Waals surface area contributed by atoms with Gasteiger partial charge in [0.25, 0.3) is 5.91 Å². The number of anilines is 1. The molecule has 13 heteroatoms. The van der Waals surface area contributed by atoms with Crippen LogP contribution in [0, 0.1) is 0 Å². The standard InChI is InChI=1S/C34H32N2O10S/c1-19(37)42-18-28-29(43-20(2)38)30(44-21(3)39)31(45-22(4)40)33(46-28)47-34-35-27(32(41)36(34)26-12-6-5-7-13-26)17-23-14-15-24-10-8-9-11-25(24)16-23/h5-17,28-31,33H,18H2,1-4H3/b27-17-/t28-,29+,30+,31-,33+/m1/s1. The van der Waals surface area contributed by atoms with E-state index in [2.05, 4.69) is 4.99 Å². The zero-order valence-electron chi connectivity index (χ0n) is 26.0. The number of carbonyl (C=O) groups excluding carboxylic acids is 5. The molecule has 1 fully saturated rings. The van der Waals surface area contributed by atoms with Gasteiger partial charge < -0.3 is 23.7 Å². The van der Waals surface area contributed by atoms with E-state index in [1.165, 1.54) is 11.8 Å². The Morgan fingerprint density at radius 3 is 2.06 bits per heavy atom. The maximum absolute atomic E-state index is 13.9. The molecule has 3 aromatic rings. The molecule has 47 heavy (non-hydrogen) atoms. The molecule has 2 heterocycles. The summed E-state index contributed by atoms with van der Waals surface area (Å²) in [6.45, 7) is 4.27. The minimum atomic E-state index is -1.36. The van der Waals surface area contributed by atoms with Gasteiger partial charge in [0.1, 0.15) is 18.4 Å². The molecule has 0 aromatic heterocycles. The van der Waals surface area contributed by atoms with E-state index < -0.39 is 59.6 Å². The number of amidine groups is 1. The molecule has 12 nitrogen and oxygen atoms in total. The van der Waals surface area contributed by atoms with E-state index in [-0.39, 0.29) is 17.5 Å². The second-order valence-electron chi connectivity index (χ2n) is 10.7. The zero-order chi connectivity index (χ0) is 33.7. The highest BCUT2D eigenvalue weighted by Crippen LogP contribution is 2.38. The van der Waals surface area contributed by atoms with Crippen LogP contribution in [-0.2, 0) is 47.7 Å². The first-order valence-corrected chi connectivity index (χ1v) is 15.5. The predicted octanol–water partition coefficient (Wildman–Crippen LogP) is 4.40. The van der Waals surface area contributed by atoms with Gasteiger partial charge in [-0.2, -0.15) is 0 Å². The molecule has 5 rings (SSSR count). The first-order valence-electron chi connectivity index (χ1n) is 14.7. The maximum Gasteiger partial charge on any atom is 0.303 e. The highest BCUT2D eigenvalue weighted by Gasteiger charge is 2.53. The number of rotatable bonds is 8. The van der Waals surface area contributed by atoms with Crippen LogP contribution in [0.2, 0.25) is 0 Å². The molecule has 1 saturated heterocycles. The van der Waals surface area contributed by atoms with Crippen LogP contribution in [-0.4, -0.2) is 71.4 Å². The van der Waals surface area contributed by atoms with Crippen molar-refractivity contribution in [3.8, 4) is 0 Å². The van der Waals surface area contributed by atoms with Crippen molar-refractivity contribution in [3.05, 3.63) is 84.1 Å². The van der Waals surface area contributed by atoms with Crippen molar-refractivity contribution in [1.29, 1.82) is 0 Å². The molecular weight excluding hydrogens is 628 g/mol. The van der Waals surface area contributed by atoms with Gasteiger partial charge in [0.2, 0.25) is 0 Å². The molecule has 2 aliphatic heterocycles. The summed E-state index contributed by atoms with van der Waals surface area (Å²) in [6, 6.07) is 22.4. The van der Waals surface area contributed by atoms with Crippen molar-refractivity contribution in [2.24, 2.45) is 4.99 Å². The molecular formula is C34H32N2O10S. The molecule has 5 atom stereocenters. The number of aliphatic imine (C=N–C) groups is 1. The van der Waals surface area contributed by atoms with E-state index in [0.717, 1.165) is 48.9 Å². The van der Waals surface area contributed by atoms with Gasteiger partial charge >= 0.3 is 23.9 Å². The number of hydrogen-bond donors (Lipinski definition) is 0. The molecule has 0 N–H and O–H groups in total. The van der Waals surface area contributed by atoms with Crippen LogP contribution >= 0.6 is 11.8 Å². The third-order valence-corrected chi connectivity index (χ3v) is 8.19. The van der Waals surface area contributed by atoms with Gasteiger partial charge in [-0.25, -0.2) is 4.99 Å². The summed E-state index contributed by atoms with van der Waals surface area (Å²) in [6.07, 6.45) is -3.47. The van der Waals surface area contributed by atoms with Crippen molar-refractivity contribution >= 4 is 69.2 Å². The summed E-state index contributed by atoms with van der Waals surface area (Å²) in [5, 5.41) is 2.21. The Labute approximate surface area is 274 Å². The van der Waals surface area contributed by atoms with Crippen molar-refractivity contribution in [1.82, 2.24) is 0 Å². The summed E-state index contributed by atoms with van der Waals surface area (Å²) >= 11 is 0.934. The Morgan fingerprint density at radius 2 is 1.40 bits per heavy atom. The average Bonchev–Trinajstić information content (AvgIpc) is 3.32. The van der Waals surface area contributed by atoms with Crippen LogP contribution in [0.4, 0.5) is 5.69 Å². The topological polar surface area (TPSA) is 147 Å². The van der Waals surface area contributed by atoms with Crippen molar-refractivity contribution < 1.29 is 47.7 Å². The van der Waals surface area contributed by atoms with Gasteiger partial charge in [0, 0.05) is 27.7 Å². The molecule has 3 aromatic carbocycles. The number of carbonyl (C=O) groups is 5. The Hall–Kier alpha value is -5.01. The second-order valence-corrected chi connectivity index (χ2v) is 11.8. The van der Waals surface area contributed by atoms with Gasteiger partial charge in [-0.05, 0) is 40.6 Å². The first kappa shape index (κ1) is 33.4. The maximum atomic E-state index is 13.9. The average molecular weight is 661 g/mol. The van der Waals surface area contributed by atoms with E-state index in [1.54, 1.807) is 36.4 Å². The van der Waals surface area contributed by atoms with Gasteiger partial charge in [0.05, 0.1) is 5.69 Å². The lowest BCUT2D eigenvalue weighted by molar-refractivity contribution is -0.237. The third kappa shape index (κ3) is 8.05. The third-order valence-electron chi connectivity index (χ3n) is 7.09. The molecule has 1 amide bonds. The molecule has 0 aliphatic carbocycles. The largest absolute Gasteiger partial charge is 0.463 e. The summed E-state index contributed by atoms with van der Waals surface area (Å²) in [7, 11) is 0. The van der Waals surface area contributed by atoms with E-state index >= 15 is 0 Å². The van der Waals surface area contributed by atoms with Crippen LogP contribution in [0.25, 0.3) is 16.8 Å². The predicted molar refractivity (Wildman–Crippen MR) is 173 cm³/mol. The normalized spacial score (nSPS) is 23.3. The molecule has 0 bridgehead atoms. The Morgan fingerprint density at radius 1 is 0.787 bits per heavy atom. The number of nitrogens with zero attached hydrogens (tertiary/aromatic N) is 2. The minimum absolute atomic E-state index is 0.136. The molecule has 0 spiro atoms. The van der Waals surface area contributed by atoms with Gasteiger partial charge in [0.15, 0.2) is 28.9 Å². The van der Waals surface area contributed by atoms with Gasteiger partial charge in [-0.1, -0.05) is 66.4 Å². The quantitative estimate of drug-likeness (QED) is 0.192. The fourth-order valence-electron chi connectivity index (χ4n) is 5.22. The number of ether oxygens (including phenoxy) is 5. The first-order chi connectivity index (χ1) is 22.5. The lowest BCUT2D eigenvalue weighted by Gasteiger charge is -2.44. The van der Waals surface area contributed by atoms with Crippen molar-refractivity contribution in [2.75, 3.05) is 11.5 Å².